The first-order valence-electron chi connectivity index (χ1n) is 7.89. The minimum absolute atomic E-state index is 0.118. The molecule has 0 saturated carbocycles. The van der Waals surface area contributed by atoms with Gasteiger partial charge in [0.1, 0.15) is 0 Å². The summed E-state index contributed by atoms with van der Waals surface area (Å²) in [7, 11) is 0. The number of anilines is 1. The molecule has 0 amide bonds. The minimum atomic E-state index is -4.57. The molecule has 0 saturated heterocycles. The van der Waals surface area contributed by atoms with Crippen molar-refractivity contribution in [1.29, 1.82) is 0 Å². The first-order chi connectivity index (χ1) is 13.1. The number of benzene rings is 1. The lowest BCUT2D eigenvalue weighted by atomic mass is 10.1. The molecule has 0 unspecified atom stereocenters. The maximum atomic E-state index is 13.2. The second-order valence-corrected chi connectivity index (χ2v) is 8.54. The van der Waals surface area contributed by atoms with Crippen LogP contribution in [0.25, 0.3) is 5.69 Å². The van der Waals surface area contributed by atoms with Crippen LogP contribution in [0.3, 0.4) is 0 Å². The molecule has 0 fully saturated rings. The third-order valence-electron chi connectivity index (χ3n) is 3.99. The van der Waals surface area contributed by atoms with Gasteiger partial charge < -0.3 is 10.3 Å². The van der Waals surface area contributed by atoms with Gasteiger partial charge >= 0.3 is 6.18 Å². The van der Waals surface area contributed by atoms with E-state index in [1.54, 1.807) is 24.5 Å². The summed E-state index contributed by atoms with van der Waals surface area (Å²) in [5, 5.41) is 7.47. The van der Waals surface area contributed by atoms with Crippen LogP contribution in [0.5, 0.6) is 0 Å². The summed E-state index contributed by atoms with van der Waals surface area (Å²) in [6, 6.07) is 5.34. The Morgan fingerprint density at radius 2 is 2.00 bits per heavy atom. The number of ketones is 1. The lowest BCUT2D eigenvalue weighted by molar-refractivity contribution is -0.137. The van der Waals surface area contributed by atoms with Crippen molar-refractivity contribution in [3.05, 3.63) is 51.8 Å². The summed E-state index contributed by atoms with van der Waals surface area (Å²) >= 11 is 8.09. The molecule has 1 aromatic carbocycles. The highest BCUT2D eigenvalue weighted by atomic mass is 35.5. The highest BCUT2D eigenvalue weighted by Gasteiger charge is 2.33. The van der Waals surface area contributed by atoms with Crippen LogP contribution in [0.2, 0.25) is 5.02 Å². The number of rotatable bonds is 5. The van der Waals surface area contributed by atoms with Gasteiger partial charge in [0.25, 0.3) is 0 Å². The van der Waals surface area contributed by atoms with E-state index in [9.17, 15) is 18.0 Å². The smallest absolute Gasteiger partial charge is 0.374 e. The van der Waals surface area contributed by atoms with Crippen molar-refractivity contribution < 1.29 is 18.0 Å². The Morgan fingerprint density at radius 1 is 1.29 bits per heavy atom. The third kappa shape index (κ3) is 4.18. The van der Waals surface area contributed by atoms with Crippen molar-refractivity contribution in [3.8, 4) is 5.69 Å². The number of nitrogens with two attached hydrogens (primary N) is 1. The normalized spacial score (nSPS) is 11.8. The first kappa shape index (κ1) is 20.7. The van der Waals surface area contributed by atoms with E-state index >= 15 is 0 Å². The van der Waals surface area contributed by atoms with Crippen LogP contribution in [0.4, 0.5) is 18.3 Å². The Kier molecular flexibility index (Phi) is 5.74. The van der Waals surface area contributed by atoms with Crippen molar-refractivity contribution in [2.45, 2.75) is 24.4 Å². The number of carbonyl (C=O) groups is 1. The van der Waals surface area contributed by atoms with E-state index in [2.05, 4.69) is 10.2 Å². The highest BCUT2D eigenvalue weighted by molar-refractivity contribution is 8.01. The largest absolute Gasteiger partial charge is 0.417 e. The lowest BCUT2D eigenvalue weighted by Gasteiger charge is -2.14. The molecular formula is C17H14ClF3N4OS2. The van der Waals surface area contributed by atoms with Gasteiger partial charge in [0.15, 0.2) is 10.1 Å². The molecule has 2 heterocycles. The number of carbonyl (C=O) groups excluding carboxylic acids is 1. The molecule has 0 bridgehead atoms. The van der Waals surface area contributed by atoms with Gasteiger partial charge in [-0.25, -0.2) is 0 Å². The van der Waals surface area contributed by atoms with Gasteiger partial charge in [-0.1, -0.05) is 34.7 Å². The van der Waals surface area contributed by atoms with Crippen LogP contribution in [0.1, 0.15) is 27.3 Å². The molecule has 148 valence electrons. The molecule has 5 nitrogen and oxygen atoms in total. The standard InChI is InChI=1S/C17H14ClF3N4OS2/c1-8-5-11(14(26)7-27-16-24-23-15(22)28-16)9(2)25(8)10-3-4-13(18)12(6-10)17(19,20)21/h3-6H,7H2,1-2H3,(H2,22,23). The number of nitrogens with zero attached hydrogens (tertiary/aromatic N) is 3. The minimum Gasteiger partial charge on any atom is -0.374 e. The summed E-state index contributed by atoms with van der Waals surface area (Å²) < 4.78 is 41.7. The predicted octanol–water partition coefficient (Wildman–Crippen LogP) is 5.18. The number of hydrogen-bond acceptors (Lipinski definition) is 6. The molecular weight excluding hydrogens is 433 g/mol. The van der Waals surface area contributed by atoms with Crippen LogP contribution in [0, 0.1) is 13.8 Å². The van der Waals surface area contributed by atoms with Crippen molar-refractivity contribution in [1.82, 2.24) is 14.8 Å². The van der Waals surface area contributed by atoms with Crippen LogP contribution in [-0.4, -0.2) is 26.3 Å². The first-order valence-corrected chi connectivity index (χ1v) is 10.1. The van der Waals surface area contributed by atoms with Crippen LogP contribution < -0.4 is 5.73 Å². The van der Waals surface area contributed by atoms with Crippen molar-refractivity contribution in [2.75, 3.05) is 11.5 Å². The average molecular weight is 447 g/mol. The number of Topliss-reactive ketones (excluding diaryl/α,β-unsaturated/α-hetero) is 1. The van der Waals surface area contributed by atoms with Crippen LogP contribution in [-0.2, 0) is 6.18 Å². The number of nitrogen functional groups attached to an aromatic ring is 1. The van der Waals surface area contributed by atoms with Crippen molar-refractivity contribution in [2.24, 2.45) is 0 Å². The Hall–Kier alpha value is -2.04. The molecule has 3 aromatic rings. The summed E-state index contributed by atoms with van der Waals surface area (Å²) in [5.74, 6) is -0.0454. The molecule has 11 heteroatoms. The predicted molar refractivity (Wildman–Crippen MR) is 105 cm³/mol. The third-order valence-corrected chi connectivity index (χ3v) is 6.21. The highest BCUT2D eigenvalue weighted by Crippen LogP contribution is 2.36. The van der Waals surface area contributed by atoms with Crippen LogP contribution >= 0.6 is 34.7 Å². The van der Waals surface area contributed by atoms with Gasteiger partial charge in [0.05, 0.1) is 16.3 Å². The van der Waals surface area contributed by atoms with Gasteiger partial charge in [0.2, 0.25) is 5.13 Å². The Morgan fingerprint density at radius 3 is 2.61 bits per heavy atom. The fourth-order valence-electron chi connectivity index (χ4n) is 2.80. The number of aryl methyl sites for hydroxylation is 1. The van der Waals surface area contributed by atoms with E-state index in [0.717, 1.165) is 6.07 Å². The molecule has 2 aromatic heterocycles. The van der Waals surface area contributed by atoms with E-state index in [-0.39, 0.29) is 22.2 Å². The fourth-order valence-corrected chi connectivity index (χ4v) is 4.54. The molecule has 0 radical (unpaired) electrons. The van der Waals surface area contributed by atoms with E-state index < -0.39 is 11.7 Å². The average Bonchev–Trinajstić information content (AvgIpc) is 3.15. The lowest BCUT2D eigenvalue weighted by Crippen LogP contribution is -2.09. The molecule has 2 N–H and O–H groups in total. The van der Waals surface area contributed by atoms with Crippen molar-refractivity contribution >= 4 is 45.6 Å². The van der Waals surface area contributed by atoms with Gasteiger partial charge in [-0.15, -0.1) is 10.2 Å². The van der Waals surface area contributed by atoms with E-state index in [1.807, 2.05) is 0 Å². The number of thioether (sulfide) groups is 1. The van der Waals surface area contributed by atoms with Crippen LogP contribution in [0.15, 0.2) is 28.6 Å². The maximum Gasteiger partial charge on any atom is 0.417 e. The Bertz CT molecular complexity index is 1050. The molecule has 0 aliphatic carbocycles. The molecule has 0 atom stereocenters. The second-order valence-electron chi connectivity index (χ2n) is 5.90. The summed E-state index contributed by atoms with van der Waals surface area (Å²) in [6.45, 7) is 3.42. The van der Waals surface area contributed by atoms with Crippen molar-refractivity contribution in [3.63, 3.8) is 0 Å². The maximum absolute atomic E-state index is 13.2. The zero-order valence-electron chi connectivity index (χ0n) is 14.7. The summed E-state index contributed by atoms with van der Waals surface area (Å²) in [6.07, 6.45) is -4.57. The molecule has 0 aliphatic heterocycles. The van der Waals surface area contributed by atoms with Gasteiger partial charge in [-0.3, -0.25) is 4.79 Å². The Labute approximate surface area is 171 Å². The second kappa shape index (κ2) is 7.76. The number of hydrogen-bond donors (Lipinski definition) is 1. The molecule has 28 heavy (non-hydrogen) atoms. The molecule has 0 spiro atoms. The fraction of sp³-hybridized carbons (Fsp3) is 0.235. The van der Waals surface area contributed by atoms with E-state index in [0.29, 0.717) is 26.4 Å². The quantitative estimate of drug-likeness (QED) is 0.432. The summed E-state index contributed by atoms with van der Waals surface area (Å²) in [5.41, 5.74) is 6.51. The monoisotopic (exact) mass is 446 g/mol. The zero-order chi connectivity index (χ0) is 20.6. The van der Waals surface area contributed by atoms with Gasteiger partial charge in [-0.05, 0) is 38.1 Å². The topological polar surface area (TPSA) is 73.8 Å². The van der Waals surface area contributed by atoms with E-state index in [4.69, 9.17) is 17.3 Å². The SMILES string of the molecule is Cc1cc(C(=O)CSc2nnc(N)s2)c(C)n1-c1ccc(Cl)c(C(F)(F)F)c1. The zero-order valence-corrected chi connectivity index (χ0v) is 17.1. The number of halogens is 4. The number of alkyl halides is 3. The Balaban J connectivity index is 1.91. The molecule has 0 aliphatic rings. The van der Waals surface area contributed by atoms with E-state index in [1.165, 1.54) is 35.2 Å². The van der Waals surface area contributed by atoms with Gasteiger partial charge in [0, 0.05) is 22.6 Å². The number of aromatic nitrogens is 3. The summed E-state index contributed by atoms with van der Waals surface area (Å²) in [4.78, 5) is 12.6. The molecule has 3 rings (SSSR count). The van der Waals surface area contributed by atoms with Gasteiger partial charge in [-0.2, -0.15) is 13.2 Å².